The predicted octanol–water partition coefficient (Wildman–Crippen LogP) is 0.879. The van der Waals surface area contributed by atoms with Gasteiger partial charge in [0.05, 0.1) is 18.4 Å². The fourth-order valence-corrected chi connectivity index (χ4v) is 2.88. The van der Waals surface area contributed by atoms with E-state index in [0.717, 1.165) is 58.0 Å². The van der Waals surface area contributed by atoms with Gasteiger partial charge in [-0.15, -0.1) is 0 Å². The lowest BCUT2D eigenvalue weighted by Gasteiger charge is -2.37. The highest BCUT2D eigenvalue weighted by atomic mass is 16.5. The van der Waals surface area contributed by atoms with Crippen LogP contribution in [0.3, 0.4) is 0 Å². The average molecular weight is 255 g/mol. The van der Waals surface area contributed by atoms with Crippen molar-refractivity contribution in [2.24, 2.45) is 11.1 Å². The molecular formula is C13H25N3O2. The van der Waals surface area contributed by atoms with Gasteiger partial charge in [-0.3, -0.25) is 9.80 Å². The van der Waals surface area contributed by atoms with Gasteiger partial charge in [0, 0.05) is 45.1 Å². The third-order valence-corrected chi connectivity index (χ3v) is 4.05. The molecule has 0 bridgehead atoms. The molecule has 0 aliphatic carbocycles. The molecule has 1 N–H and O–H groups in total. The highest BCUT2D eigenvalue weighted by Gasteiger charge is 2.26. The van der Waals surface area contributed by atoms with Gasteiger partial charge in [0.25, 0.3) is 0 Å². The predicted molar refractivity (Wildman–Crippen MR) is 71.3 cm³/mol. The van der Waals surface area contributed by atoms with Crippen molar-refractivity contribution in [3.05, 3.63) is 0 Å². The number of piperidine rings is 1. The van der Waals surface area contributed by atoms with Crippen LogP contribution in [0.5, 0.6) is 0 Å². The van der Waals surface area contributed by atoms with Gasteiger partial charge < -0.3 is 9.94 Å². The molecule has 0 saturated carbocycles. The van der Waals surface area contributed by atoms with Crippen molar-refractivity contribution >= 4 is 5.71 Å². The normalized spacial score (nSPS) is 34.0. The Balaban J connectivity index is 1.80. The summed E-state index contributed by atoms with van der Waals surface area (Å²) in [7, 11) is 0. The van der Waals surface area contributed by atoms with Crippen molar-refractivity contribution in [1.82, 2.24) is 9.80 Å². The lowest BCUT2D eigenvalue weighted by Crippen LogP contribution is -2.50. The Bertz CT molecular complexity index is 296. The van der Waals surface area contributed by atoms with Gasteiger partial charge in [0.2, 0.25) is 0 Å². The minimum atomic E-state index is 0.332. The number of morpholine rings is 1. The fraction of sp³-hybridized carbons (Fsp3) is 0.923. The van der Waals surface area contributed by atoms with E-state index in [1.807, 2.05) is 0 Å². The van der Waals surface area contributed by atoms with E-state index in [4.69, 9.17) is 9.94 Å². The van der Waals surface area contributed by atoms with Crippen molar-refractivity contribution in [2.75, 3.05) is 45.9 Å². The standard InChI is InChI=1S/C13H25N3O2/c1-3-15-6-7-18-12(9-15)10-16-5-4-13(14-17)11(2)8-16/h11-12,17H,3-10H2,1-2H3. The lowest BCUT2D eigenvalue weighted by atomic mass is 9.97. The Morgan fingerprint density at radius 3 is 2.83 bits per heavy atom. The molecule has 0 aromatic rings. The third-order valence-electron chi connectivity index (χ3n) is 4.05. The first-order valence-electron chi connectivity index (χ1n) is 7.00. The Kier molecular flexibility index (Phi) is 4.97. The number of likely N-dealkylation sites (N-methyl/N-ethyl adjacent to an activating group) is 1. The van der Waals surface area contributed by atoms with Gasteiger partial charge in [-0.1, -0.05) is 19.0 Å². The summed E-state index contributed by atoms with van der Waals surface area (Å²) in [6.07, 6.45) is 1.21. The number of hydrogen-bond donors (Lipinski definition) is 1. The molecule has 2 aliphatic heterocycles. The van der Waals surface area contributed by atoms with Crippen LogP contribution in [0.1, 0.15) is 20.3 Å². The van der Waals surface area contributed by atoms with Gasteiger partial charge in [0.15, 0.2) is 0 Å². The minimum absolute atomic E-state index is 0.332. The first kappa shape index (κ1) is 13.8. The molecule has 104 valence electrons. The largest absolute Gasteiger partial charge is 0.411 e. The zero-order chi connectivity index (χ0) is 13.0. The molecule has 0 aromatic carbocycles. The second kappa shape index (κ2) is 6.50. The second-order valence-electron chi connectivity index (χ2n) is 5.39. The number of likely N-dealkylation sites (tertiary alicyclic amines) is 1. The quantitative estimate of drug-likeness (QED) is 0.601. The maximum Gasteiger partial charge on any atom is 0.0829 e. The van der Waals surface area contributed by atoms with Crippen molar-refractivity contribution < 1.29 is 9.94 Å². The summed E-state index contributed by atoms with van der Waals surface area (Å²) < 4.78 is 5.84. The molecule has 2 fully saturated rings. The highest BCUT2D eigenvalue weighted by Crippen LogP contribution is 2.15. The summed E-state index contributed by atoms with van der Waals surface area (Å²) in [6.45, 7) is 11.4. The molecule has 2 heterocycles. The molecule has 18 heavy (non-hydrogen) atoms. The molecule has 0 radical (unpaired) electrons. The van der Waals surface area contributed by atoms with E-state index in [1.54, 1.807) is 0 Å². The average Bonchev–Trinajstić information content (AvgIpc) is 2.39. The number of ether oxygens (including phenoxy) is 1. The molecule has 2 saturated heterocycles. The summed E-state index contributed by atoms with van der Waals surface area (Å²) in [5, 5.41) is 12.3. The summed E-state index contributed by atoms with van der Waals surface area (Å²) in [5.74, 6) is 0.356. The second-order valence-corrected chi connectivity index (χ2v) is 5.39. The van der Waals surface area contributed by atoms with Crippen LogP contribution in [0, 0.1) is 5.92 Å². The van der Waals surface area contributed by atoms with Crippen LogP contribution < -0.4 is 0 Å². The SMILES string of the molecule is CCN1CCOC(CN2CCC(=NO)C(C)C2)C1. The molecule has 2 unspecified atom stereocenters. The molecule has 0 aromatic heterocycles. The minimum Gasteiger partial charge on any atom is -0.411 e. The fourth-order valence-electron chi connectivity index (χ4n) is 2.88. The van der Waals surface area contributed by atoms with Crippen LogP contribution in [0.25, 0.3) is 0 Å². The summed E-state index contributed by atoms with van der Waals surface area (Å²) >= 11 is 0. The third kappa shape index (κ3) is 3.43. The number of oxime groups is 1. The van der Waals surface area contributed by atoms with E-state index in [2.05, 4.69) is 28.8 Å². The van der Waals surface area contributed by atoms with E-state index in [-0.39, 0.29) is 0 Å². The van der Waals surface area contributed by atoms with Crippen LogP contribution in [-0.2, 0) is 4.74 Å². The van der Waals surface area contributed by atoms with Gasteiger partial charge in [-0.05, 0) is 6.54 Å². The Hall–Kier alpha value is -0.650. The highest BCUT2D eigenvalue weighted by molar-refractivity contribution is 5.86. The molecular weight excluding hydrogens is 230 g/mol. The topological polar surface area (TPSA) is 48.3 Å². The molecule has 5 heteroatoms. The van der Waals surface area contributed by atoms with E-state index < -0.39 is 0 Å². The molecule has 2 aliphatic rings. The smallest absolute Gasteiger partial charge is 0.0829 e. The van der Waals surface area contributed by atoms with Crippen molar-refractivity contribution in [1.29, 1.82) is 0 Å². The van der Waals surface area contributed by atoms with Gasteiger partial charge >= 0.3 is 0 Å². The van der Waals surface area contributed by atoms with Crippen LogP contribution in [0.15, 0.2) is 5.16 Å². The molecule has 5 nitrogen and oxygen atoms in total. The van der Waals surface area contributed by atoms with Crippen molar-refractivity contribution in [3.8, 4) is 0 Å². The first-order valence-corrected chi connectivity index (χ1v) is 7.00. The molecule has 0 amide bonds. The van der Waals surface area contributed by atoms with Gasteiger partial charge in [-0.25, -0.2) is 0 Å². The summed E-state index contributed by atoms with van der Waals surface area (Å²) in [5.41, 5.74) is 0.936. The number of nitrogens with zero attached hydrogens (tertiary/aromatic N) is 3. The van der Waals surface area contributed by atoms with E-state index in [1.165, 1.54) is 0 Å². The maximum absolute atomic E-state index is 8.87. The zero-order valence-electron chi connectivity index (χ0n) is 11.5. The van der Waals surface area contributed by atoms with Crippen LogP contribution in [-0.4, -0.2) is 72.7 Å². The summed E-state index contributed by atoms with van der Waals surface area (Å²) in [4.78, 5) is 4.88. The number of rotatable bonds is 3. The van der Waals surface area contributed by atoms with Gasteiger partial charge in [0.1, 0.15) is 0 Å². The molecule has 2 rings (SSSR count). The Morgan fingerprint density at radius 1 is 1.33 bits per heavy atom. The van der Waals surface area contributed by atoms with Crippen molar-refractivity contribution in [3.63, 3.8) is 0 Å². The van der Waals surface area contributed by atoms with Crippen LogP contribution in [0.2, 0.25) is 0 Å². The van der Waals surface area contributed by atoms with E-state index >= 15 is 0 Å². The Morgan fingerprint density at radius 2 is 2.17 bits per heavy atom. The molecule has 0 spiro atoms. The summed E-state index contributed by atoms with van der Waals surface area (Å²) in [6, 6.07) is 0. The Labute approximate surface area is 109 Å². The first-order chi connectivity index (χ1) is 8.72. The van der Waals surface area contributed by atoms with Crippen LogP contribution >= 0.6 is 0 Å². The molecule has 2 atom stereocenters. The monoisotopic (exact) mass is 255 g/mol. The van der Waals surface area contributed by atoms with Crippen molar-refractivity contribution in [2.45, 2.75) is 26.4 Å². The van der Waals surface area contributed by atoms with Crippen LogP contribution in [0.4, 0.5) is 0 Å². The number of hydrogen-bond acceptors (Lipinski definition) is 5. The van der Waals surface area contributed by atoms with E-state index in [9.17, 15) is 0 Å². The maximum atomic E-state index is 8.87. The van der Waals surface area contributed by atoms with E-state index in [0.29, 0.717) is 12.0 Å². The zero-order valence-corrected chi connectivity index (χ0v) is 11.5. The lowest BCUT2D eigenvalue weighted by molar-refractivity contribution is -0.0430. The van der Waals surface area contributed by atoms with Gasteiger partial charge in [-0.2, -0.15) is 0 Å².